The molecule has 1 heterocycles. The lowest BCUT2D eigenvalue weighted by Crippen LogP contribution is -2.47. The van der Waals surface area contributed by atoms with Gasteiger partial charge in [-0.15, -0.1) is 12.4 Å². The number of amides is 2. The molecule has 2 rings (SSSR count). The summed E-state index contributed by atoms with van der Waals surface area (Å²) in [4.78, 5) is 11.7. The average molecular weight is 290 g/mol. The molecule has 0 aromatic heterocycles. The quantitative estimate of drug-likeness (QED) is 0.784. The van der Waals surface area contributed by atoms with Gasteiger partial charge >= 0.3 is 6.03 Å². The van der Waals surface area contributed by atoms with Crippen LogP contribution in [-0.4, -0.2) is 25.2 Å². The third-order valence-electron chi connectivity index (χ3n) is 2.71. The van der Waals surface area contributed by atoms with E-state index in [0.717, 1.165) is 25.9 Å². The Morgan fingerprint density at radius 3 is 2.94 bits per heavy atom. The maximum atomic E-state index is 11.7. The standard InChI is InChI=1S/C12H16ClN3O.ClH/c13-9-3-1-4-10(7-9)15-12(17)16-11-5-2-6-14-8-11;/h1,3-4,7,11,14H,2,5-6,8H2,(H2,15,16,17);1H. The lowest BCUT2D eigenvalue weighted by Gasteiger charge is -2.23. The van der Waals surface area contributed by atoms with Crippen LogP contribution in [0.3, 0.4) is 0 Å². The zero-order valence-corrected chi connectivity index (χ0v) is 11.5. The summed E-state index contributed by atoms with van der Waals surface area (Å²) in [5.41, 5.74) is 0.707. The first-order chi connectivity index (χ1) is 8.24. The molecular weight excluding hydrogens is 273 g/mol. The third-order valence-corrected chi connectivity index (χ3v) is 2.95. The Balaban J connectivity index is 0.00000162. The highest BCUT2D eigenvalue weighted by atomic mass is 35.5. The predicted octanol–water partition coefficient (Wildman–Crippen LogP) is 2.64. The van der Waals surface area contributed by atoms with E-state index in [4.69, 9.17) is 11.6 Å². The van der Waals surface area contributed by atoms with E-state index in [0.29, 0.717) is 10.7 Å². The van der Waals surface area contributed by atoms with Crippen LogP contribution in [-0.2, 0) is 0 Å². The van der Waals surface area contributed by atoms with Crippen molar-refractivity contribution >= 4 is 35.7 Å². The molecule has 6 heteroatoms. The van der Waals surface area contributed by atoms with Crippen LogP contribution in [0.5, 0.6) is 0 Å². The number of carbonyl (C=O) groups is 1. The molecule has 2 amide bonds. The Hall–Kier alpha value is -0.970. The van der Waals surface area contributed by atoms with Gasteiger partial charge in [0.05, 0.1) is 0 Å². The summed E-state index contributed by atoms with van der Waals surface area (Å²) in [5, 5.41) is 9.56. The average Bonchev–Trinajstić information content (AvgIpc) is 2.30. The Morgan fingerprint density at radius 1 is 1.44 bits per heavy atom. The monoisotopic (exact) mass is 289 g/mol. The number of anilines is 1. The van der Waals surface area contributed by atoms with Crippen molar-refractivity contribution < 1.29 is 4.79 Å². The van der Waals surface area contributed by atoms with Gasteiger partial charge in [0, 0.05) is 23.3 Å². The van der Waals surface area contributed by atoms with Crippen LogP contribution < -0.4 is 16.0 Å². The molecule has 1 atom stereocenters. The Kier molecular flexibility index (Phi) is 6.25. The van der Waals surface area contributed by atoms with Gasteiger partial charge in [0.15, 0.2) is 0 Å². The molecular formula is C12H17Cl2N3O. The second-order valence-electron chi connectivity index (χ2n) is 4.15. The van der Waals surface area contributed by atoms with Crippen LogP contribution in [0.15, 0.2) is 24.3 Å². The zero-order valence-electron chi connectivity index (χ0n) is 9.91. The fourth-order valence-corrected chi connectivity index (χ4v) is 2.08. The fourth-order valence-electron chi connectivity index (χ4n) is 1.89. The molecule has 100 valence electrons. The summed E-state index contributed by atoms with van der Waals surface area (Å²) in [6.07, 6.45) is 2.12. The van der Waals surface area contributed by atoms with E-state index in [-0.39, 0.29) is 24.5 Å². The molecule has 1 aromatic carbocycles. The number of hydrogen-bond donors (Lipinski definition) is 3. The number of rotatable bonds is 2. The summed E-state index contributed by atoms with van der Waals surface area (Å²) in [6.45, 7) is 1.87. The molecule has 0 radical (unpaired) electrons. The summed E-state index contributed by atoms with van der Waals surface area (Å²) >= 11 is 5.84. The lowest BCUT2D eigenvalue weighted by molar-refractivity contribution is 0.245. The van der Waals surface area contributed by atoms with Gasteiger partial charge < -0.3 is 16.0 Å². The predicted molar refractivity (Wildman–Crippen MR) is 76.7 cm³/mol. The Morgan fingerprint density at radius 2 is 2.28 bits per heavy atom. The number of hydrogen-bond acceptors (Lipinski definition) is 2. The van der Waals surface area contributed by atoms with Crippen LogP contribution >= 0.6 is 24.0 Å². The minimum absolute atomic E-state index is 0. The van der Waals surface area contributed by atoms with E-state index >= 15 is 0 Å². The first kappa shape index (κ1) is 15.1. The number of benzene rings is 1. The molecule has 1 aromatic rings. The summed E-state index contributed by atoms with van der Waals surface area (Å²) < 4.78 is 0. The number of piperidine rings is 1. The number of urea groups is 1. The lowest BCUT2D eigenvalue weighted by atomic mass is 10.1. The maximum absolute atomic E-state index is 11.7. The van der Waals surface area contributed by atoms with Gasteiger partial charge in [-0.3, -0.25) is 0 Å². The SMILES string of the molecule is Cl.O=C(Nc1cccc(Cl)c1)NC1CCCNC1. The molecule has 1 fully saturated rings. The topological polar surface area (TPSA) is 53.2 Å². The highest BCUT2D eigenvalue weighted by Gasteiger charge is 2.14. The zero-order chi connectivity index (χ0) is 12.1. The minimum atomic E-state index is -0.180. The molecule has 4 nitrogen and oxygen atoms in total. The van der Waals surface area contributed by atoms with E-state index < -0.39 is 0 Å². The van der Waals surface area contributed by atoms with Crippen LogP contribution in [0.25, 0.3) is 0 Å². The Labute approximate surface area is 118 Å². The summed E-state index contributed by atoms with van der Waals surface area (Å²) in [5.74, 6) is 0. The van der Waals surface area contributed by atoms with Crippen LogP contribution in [0.2, 0.25) is 5.02 Å². The number of halogens is 2. The van der Waals surface area contributed by atoms with Crippen molar-refractivity contribution in [2.75, 3.05) is 18.4 Å². The van der Waals surface area contributed by atoms with Gasteiger partial charge in [-0.2, -0.15) is 0 Å². The Bertz CT molecular complexity index is 395. The largest absolute Gasteiger partial charge is 0.334 e. The van der Waals surface area contributed by atoms with E-state index in [2.05, 4.69) is 16.0 Å². The van der Waals surface area contributed by atoms with Crippen molar-refractivity contribution in [1.82, 2.24) is 10.6 Å². The molecule has 1 saturated heterocycles. The van der Waals surface area contributed by atoms with Gasteiger partial charge in [-0.1, -0.05) is 17.7 Å². The van der Waals surface area contributed by atoms with Crippen LogP contribution in [0, 0.1) is 0 Å². The molecule has 0 bridgehead atoms. The van der Waals surface area contributed by atoms with Gasteiger partial charge in [-0.05, 0) is 37.6 Å². The smallest absolute Gasteiger partial charge is 0.319 e. The summed E-state index contributed by atoms with van der Waals surface area (Å²) in [7, 11) is 0. The first-order valence-electron chi connectivity index (χ1n) is 5.78. The molecule has 0 saturated carbocycles. The number of nitrogens with one attached hydrogen (secondary N) is 3. The van der Waals surface area contributed by atoms with E-state index in [1.54, 1.807) is 18.2 Å². The molecule has 0 spiro atoms. The highest BCUT2D eigenvalue weighted by molar-refractivity contribution is 6.30. The molecule has 1 aliphatic heterocycles. The molecule has 1 aliphatic rings. The number of carbonyl (C=O) groups excluding carboxylic acids is 1. The molecule has 3 N–H and O–H groups in total. The minimum Gasteiger partial charge on any atom is -0.334 e. The second-order valence-corrected chi connectivity index (χ2v) is 4.59. The normalized spacial score (nSPS) is 18.6. The molecule has 0 aliphatic carbocycles. The van der Waals surface area contributed by atoms with Crippen molar-refractivity contribution in [3.63, 3.8) is 0 Å². The van der Waals surface area contributed by atoms with Gasteiger partial charge in [0.25, 0.3) is 0 Å². The van der Waals surface area contributed by atoms with Gasteiger partial charge in [-0.25, -0.2) is 4.79 Å². The maximum Gasteiger partial charge on any atom is 0.319 e. The summed E-state index contributed by atoms with van der Waals surface area (Å²) in [6, 6.07) is 7.14. The highest BCUT2D eigenvalue weighted by Crippen LogP contribution is 2.14. The van der Waals surface area contributed by atoms with Crippen molar-refractivity contribution in [1.29, 1.82) is 0 Å². The van der Waals surface area contributed by atoms with Gasteiger partial charge in [0.2, 0.25) is 0 Å². The van der Waals surface area contributed by atoms with E-state index in [1.807, 2.05) is 6.07 Å². The van der Waals surface area contributed by atoms with Crippen molar-refractivity contribution in [2.24, 2.45) is 0 Å². The van der Waals surface area contributed by atoms with Crippen molar-refractivity contribution in [2.45, 2.75) is 18.9 Å². The second kappa shape index (κ2) is 7.46. The molecule has 1 unspecified atom stereocenters. The first-order valence-corrected chi connectivity index (χ1v) is 6.15. The van der Waals surface area contributed by atoms with Crippen LogP contribution in [0.4, 0.5) is 10.5 Å². The van der Waals surface area contributed by atoms with Crippen molar-refractivity contribution in [3.8, 4) is 0 Å². The third kappa shape index (κ3) is 4.72. The van der Waals surface area contributed by atoms with Crippen LogP contribution in [0.1, 0.15) is 12.8 Å². The van der Waals surface area contributed by atoms with E-state index in [9.17, 15) is 4.79 Å². The fraction of sp³-hybridized carbons (Fsp3) is 0.417. The van der Waals surface area contributed by atoms with E-state index in [1.165, 1.54) is 0 Å². The van der Waals surface area contributed by atoms with Crippen molar-refractivity contribution in [3.05, 3.63) is 29.3 Å². The molecule has 18 heavy (non-hydrogen) atoms. The van der Waals surface area contributed by atoms with Gasteiger partial charge in [0.1, 0.15) is 0 Å².